The average molecular weight is 417 g/mol. The maximum atomic E-state index is 12.6. The molecular weight excluding hydrogens is 401 g/mol. The first-order valence-electron chi connectivity index (χ1n) is 7.05. The Morgan fingerprint density at radius 1 is 1.22 bits per heavy atom. The van der Waals surface area contributed by atoms with Crippen LogP contribution in [0, 0.1) is 5.92 Å². The fourth-order valence-electron chi connectivity index (χ4n) is 1.84. The average Bonchev–Trinajstić information content (AvgIpc) is 2.48. The minimum absolute atomic E-state index is 0.297. The van der Waals surface area contributed by atoms with Crippen molar-refractivity contribution >= 4 is 50.7 Å². The van der Waals surface area contributed by atoms with Crippen LogP contribution in [0.25, 0.3) is 0 Å². The number of amides is 1. The third kappa shape index (κ3) is 5.13. The van der Waals surface area contributed by atoms with Crippen LogP contribution in [-0.2, 0) is 0 Å². The summed E-state index contributed by atoms with van der Waals surface area (Å²) in [6, 6.07) is 10.2. The largest absolute Gasteiger partial charge is 0.492 e. The summed E-state index contributed by atoms with van der Waals surface area (Å²) in [7, 11) is 0. The van der Waals surface area contributed by atoms with Crippen molar-refractivity contribution in [2.45, 2.75) is 13.8 Å². The number of benzene rings is 2. The van der Waals surface area contributed by atoms with Gasteiger partial charge in [-0.05, 0) is 42.3 Å². The van der Waals surface area contributed by atoms with Crippen LogP contribution in [0.4, 0.5) is 5.69 Å². The van der Waals surface area contributed by atoms with E-state index in [0.717, 1.165) is 4.47 Å². The zero-order valence-electron chi connectivity index (χ0n) is 12.7. The number of carbonyl (C=O) groups excluding carboxylic acids is 1. The molecule has 0 atom stereocenters. The van der Waals surface area contributed by atoms with Crippen molar-refractivity contribution < 1.29 is 9.53 Å². The third-order valence-corrected chi connectivity index (χ3v) is 3.98. The molecule has 0 aliphatic heterocycles. The van der Waals surface area contributed by atoms with E-state index in [1.54, 1.807) is 30.3 Å². The van der Waals surface area contributed by atoms with Crippen molar-refractivity contribution in [1.82, 2.24) is 0 Å². The van der Waals surface area contributed by atoms with Gasteiger partial charge < -0.3 is 10.1 Å². The maximum absolute atomic E-state index is 12.6. The van der Waals surface area contributed by atoms with Crippen molar-refractivity contribution in [3.05, 3.63) is 56.5 Å². The lowest BCUT2D eigenvalue weighted by Crippen LogP contribution is -2.15. The van der Waals surface area contributed by atoms with Gasteiger partial charge in [0.2, 0.25) is 0 Å². The molecule has 23 heavy (non-hydrogen) atoms. The molecular formula is C17H16BrCl2NO2. The molecule has 2 aromatic carbocycles. The Kier molecular flexibility index (Phi) is 6.33. The smallest absolute Gasteiger partial charge is 0.259 e. The minimum Gasteiger partial charge on any atom is -0.492 e. The zero-order chi connectivity index (χ0) is 17.0. The monoisotopic (exact) mass is 415 g/mol. The summed E-state index contributed by atoms with van der Waals surface area (Å²) >= 11 is 15.3. The number of nitrogens with one attached hydrogen (secondary N) is 1. The van der Waals surface area contributed by atoms with Gasteiger partial charge >= 0.3 is 0 Å². The number of anilines is 1. The molecule has 0 heterocycles. The fourth-order valence-corrected chi connectivity index (χ4v) is 2.66. The van der Waals surface area contributed by atoms with Gasteiger partial charge in [0, 0.05) is 9.50 Å². The second-order valence-electron chi connectivity index (χ2n) is 5.42. The predicted octanol–water partition coefficient (Wildman–Crippen LogP) is 6.04. The van der Waals surface area contributed by atoms with Crippen LogP contribution in [0.5, 0.6) is 5.75 Å². The van der Waals surface area contributed by atoms with Crippen LogP contribution in [0.2, 0.25) is 10.0 Å². The fraction of sp³-hybridized carbons (Fsp3) is 0.235. The van der Waals surface area contributed by atoms with Crippen LogP contribution in [0.1, 0.15) is 24.2 Å². The van der Waals surface area contributed by atoms with Gasteiger partial charge in [0.15, 0.2) is 0 Å². The summed E-state index contributed by atoms with van der Waals surface area (Å²) in [5.41, 5.74) is 0.932. The maximum Gasteiger partial charge on any atom is 0.259 e. The highest BCUT2D eigenvalue weighted by Crippen LogP contribution is 2.28. The topological polar surface area (TPSA) is 38.3 Å². The molecule has 0 saturated carbocycles. The molecule has 3 nitrogen and oxygen atoms in total. The van der Waals surface area contributed by atoms with Gasteiger partial charge in [-0.1, -0.05) is 53.0 Å². The molecule has 0 unspecified atom stereocenters. The molecule has 0 saturated heterocycles. The van der Waals surface area contributed by atoms with E-state index >= 15 is 0 Å². The van der Waals surface area contributed by atoms with E-state index in [9.17, 15) is 4.79 Å². The Bertz CT molecular complexity index is 720. The first kappa shape index (κ1) is 18.1. The molecule has 2 rings (SSSR count). The summed E-state index contributed by atoms with van der Waals surface area (Å²) in [6.45, 7) is 4.63. The van der Waals surface area contributed by atoms with E-state index in [0.29, 0.717) is 39.6 Å². The summed E-state index contributed by atoms with van der Waals surface area (Å²) < 4.78 is 6.52. The number of hydrogen-bond acceptors (Lipinski definition) is 2. The van der Waals surface area contributed by atoms with Gasteiger partial charge in [0.25, 0.3) is 5.91 Å². The first-order chi connectivity index (χ1) is 10.9. The number of halogens is 3. The van der Waals surface area contributed by atoms with Gasteiger partial charge in [0.1, 0.15) is 5.75 Å². The van der Waals surface area contributed by atoms with Crippen molar-refractivity contribution in [1.29, 1.82) is 0 Å². The van der Waals surface area contributed by atoms with E-state index in [1.807, 2.05) is 19.9 Å². The Morgan fingerprint density at radius 2 is 1.96 bits per heavy atom. The van der Waals surface area contributed by atoms with Crippen LogP contribution in [-0.4, -0.2) is 12.5 Å². The van der Waals surface area contributed by atoms with Crippen LogP contribution in [0.3, 0.4) is 0 Å². The Hall–Kier alpha value is -1.23. The van der Waals surface area contributed by atoms with Crippen molar-refractivity contribution in [3.8, 4) is 5.75 Å². The highest BCUT2D eigenvalue weighted by molar-refractivity contribution is 9.10. The van der Waals surface area contributed by atoms with Crippen LogP contribution in [0.15, 0.2) is 40.9 Å². The first-order valence-corrected chi connectivity index (χ1v) is 8.60. The zero-order valence-corrected chi connectivity index (χ0v) is 15.8. The number of ether oxygens (including phenoxy) is 1. The standard InChI is InChI=1S/C17H16BrCl2NO2/c1-10(2)9-23-16-6-3-11(18)7-13(16)17(22)21-15-5-4-12(19)8-14(15)20/h3-8,10H,9H2,1-2H3,(H,21,22). The molecule has 6 heteroatoms. The third-order valence-electron chi connectivity index (χ3n) is 2.94. The van der Waals surface area contributed by atoms with Gasteiger partial charge in [-0.2, -0.15) is 0 Å². The molecule has 0 radical (unpaired) electrons. The summed E-state index contributed by atoms with van der Waals surface area (Å²) in [5.74, 6) is 0.596. The van der Waals surface area contributed by atoms with E-state index in [2.05, 4.69) is 21.2 Å². The molecule has 0 aliphatic rings. The van der Waals surface area contributed by atoms with Crippen LogP contribution < -0.4 is 10.1 Å². The second-order valence-corrected chi connectivity index (χ2v) is 7.18. The van der Waals surface area contributed by atoms with Gasteiger partial charge in [0.05, 0.1) is 22.9 Å². The molecule has 0 fully saturated rings. The predicted molar refractivity (Wildman–Crippen MR) is 98.9 cm³/mol. The molecule has 1 N–H and O–H groups in total. The number of carbonyl (C=O) groups is 1. The lowest BCUT2D eigenvalue weighted by atomic mass is 10.1. The second kappa shape index (κ2) is 8.04. The normalized spacial score (nSPS) is 10.7. The SMILES string of the molecule is CC(C)COc1ccc(Br)cc1C(=O)Nc1ccc(Cl)cc1Cl. The Balaban J connectivity index is 2.25. The molecule has 0 aromatic heterocycles. The Morgan fingerprint density at radius 3 is 2.61 bits per heavy atom. The van der Waals surface area contributed by atoms with E-state index in [-0.39, 0.29) is 5.91 Å². The highest BCUT2D eigenvalue weighted by atomic mass is 79.9. The molecule has 0 spiro atoms. The van der Waals surface area contributed by atoms with E-state index < -0.39 is 0 Å². The Labute approximate surface area is 154 Å². The minimum atomic E-state index is -0.297. The van der Waals surface area contributed by atoms with Crippen molar-refractivity contribution in [2.24, 2.45) is 5.92 Å². The van der Waals surface area contributed by atoms with E-state index in [4.69, 9.17) is 27.9 Å². The molecule has 122 valence electrons. The van der Waals surface area contributed by atoms with Crippen molar-refractivity contribution in [3.63, 3.8) is 0 Å². The summed E-state index contributed by atoms with van der Waals surface area (Å²) in [6.07, 6.45) is 0. The highest BCUT2D eigenvalue weighted by Gasteiger charge is 2.15. The van der Waals surface area contributed by atoms with E-state index in [1.165, 1.54) is 0 Å². The number of hydrogen-bond donors (Lipinski definition) is 1. The quantitative estimate of drug-likeness (QED) is 0.644. The molecule has 2 aromatic rings. The summed E-state index contributed by atoms with van der Waals surface area (Å²) in [4.78, 5) is 12.6. The summed E-state index contributed by atoms with van der Waals surface area (Å²) in [5, 5.41) is 3.67. The molecule has 0 aliphatic carbocycles. The lowest BCUT2D eigenvalue weighted by Gasteiger charge is -2.14. The number of rotatable bonds is 5. The van der Waals surface area contributed by atoms with Gasteiger partial charge in [-0.15, -0.1) is 0 Å². The van der Waals surface area contributed by atoms with Crippen LogP contribution >= 0.6 is 39.1 Å². The lowest BCUT2D eigenvalue weighted by molar-refractivity contribution is 0.102. The van der Waals surface area contributed by atoms with Gasteiger partial charge in [-0.3, -0.25) is 4.79 Å². The van der Waals surface area contributed by atoms with Crippen molar-refractivity contribution in [2.75, 3.05) is 11.9 Å². The molecule has 1 amide bonds. The van der Waals surface area contributed by atoms with Gasteiger partial charge in [-0.25, -0.2) is 0 Å². The molecule has 0 bridgehead atoms.